The first-order valence-electron chi connectivity index (χ1n) is 7.17. The molecule has 1 atom stereocenters. The number of pyridine rings is 1. The number of hydrogen-bond donors (Lipinski definition) is 0. The third-order valence-corrected chi connectivity index (χ3v) is 3.77. The summed E-state index contributed by atoms with van der Waals surface area (Å²) in [6, 6.07) is 12.1. The quantitative estimate of drug-likeness (QED) is 0.602. The van der Waals surface area contributed by atoms with Crippen molar-refractivity contribution in [1.29, 1.82) is 0 Å². The molecule has 0 saturated carbocycles. The molecule has 0 aliphatic heterocycles. The highest BCUT2D eigenvalue weighted by Gasteiger charge is 2.19. The average molecular weight is 298 g/mol. The molecule has 0 N–H and O–H groups in total. The Kier molecular flexibility index (Phi) is 4.91. The molecule has 0 spiro atoms. The van der Waals surface area contributed by atoms with Gasteiger partial charge in [0.25, 0.3) is 0 Å². The third-order valence-electron chi connectivity index (χ3n) is 2.94. The van der Waals surface area contributed by atoms with Crippen LogP contribution in [0, 0.1) is 0 Å². The van der Waals surface area contributed by atoms with Crippen LogP contribution in [-0.2, 0) is 0 Å². The van der Waals surface area contributed by atoms with Crippen LogP contribution in [0.25, 0.3) is 0 Å². The summed E-state index contributed by atoms with van der Waals surface area (Å²) in [6.07, 6.45) is 5.43. The predicted molar refractivity (Wildman–Crippen MR) is 90.7 cm³/mol. The van der Waals surface area contributed by atoms with Crippen molar-refractivity contribution in [1.82, 2.24) is 4.98 Å². The second-order valence-corrected chi connectivity index (χ2v) is 10.4. The zero-order chi connectivity index (χ0) is 15.3. The maximum Gasteiger partial charge on any atom is 0.242 e. The molecule has 4 heteroatoms. The summed E-state index contributed by atoms with van der Waals surface area (Å²) in [4.78, 5) is 8.65. The molecule has 3 nitrogen and oxygen atoms in total. The first-order chi connectivity index (χ1) is 9.96. The largest absolute Gasteiger partial charge is 0.544 e. The summed E-state index contributed by atoms with van der Waals surface area (Å²) in [7, 11) is -1.62. The van der Waals surface area contributed by atoms with Crippen LogP contribution in [0.15, 0.2) is 53.8 Å². The van der Waals surface area contributed by atoms with Gasteiger partial charge in [0.15, 0.2) is 0 Å². The second kappa shape index (κ2) is 6.67. The highest BCUT2D eigenvalue weighted by molar-refractivity contribution is 6.70. The number of benzene rings is 1. The summed E-state index contributed by atoms with van der Waals surface area (Å²) in [5.41, 5.74) is 2.19. The summed E-state index contributed by atoms with van der Waals surface area (Å²) < 4.78 is 6.16. The maximum absolute atomic E-state index is 6.16. The smallest absolute Gasteiger partial charge is 0.242 e. The third kappa shape index (κ3) is 4.83. The van der Waals surface area contributed by atoms with Gasteiger partial charge in [-0.25, -0.2) is 0 Å². The van der Waals surface area contributed by atoms with Gasteiger partial charge < -0.3 is 4.43 Å². The van der Waals surface area contributed by atoms with Gasteiger partial charge in [-0.05, 0) is 50.3 Å². The Morgan fingerprint density at radius 2 is 1.76 bits per heavy atom. The van der Waals surface area contributed by atoms with E-state index in [0.29, 0.717) is 0 Å². The van der Waals surface area contributed by atoms with E-state index in [0.717, 1.165) is 16.9 Å². The lowest BCUT2D eigenvalue weighted by atomic mass is 10.1. The number of rotatable bonds is 5. The Balaban J connectivity index is 2.19. The Bertz CT molecular complexity index is 606. The summed E-state index contributed by atoms with van der Waals surface area (Å²) in [6.45, 7) is 8.65. The van der Waals surface area contributed by atoms with Crippen LogP contribution in [0.5, 0.6) is 5.75 Å². The van der Waals surface area contributed by atoms with E-state index in [-0.39, 0.29) is 6.04 Å². The molecule has 1 aromatic carbocycles. The van der Waals surface area contributed by atoms with E-state index in [9.17, 15) is 0 Å². The lowest BCUT2D eigenvalue weighted by molar-refractivity contribution is 0.543. The molecule has 21 heavy (non-hydrogen) atoms. The fourth-order valence-corrected chi connectivity index (χ4v) is 2.82. The molecule has 0 radical (unpaired) electrons. The van der Waals surface area contributed by atoms with Gasteiger partial charge in [0.2, 0.25) is 8.32 Å². The summed E-state index contributed by atoms with van der Waals surface area (Å²) >= 11 is 0. The minimum Gasteiger partial charge on any atom is -0.544 e. The molecule has 1 heterocycles. The van der Waals surface area contributed by atoms with Crippen molar-refractivity contribution in [2.24, 2.45) is 4.99 Å². The van der Waals surface area contributed by atoms with Gasteiger partial charge in [-0.15, -0.1) is 0 Å². The van der Waals surface area contributed by atoms with Gasteiger partial charge in [-0.3, -0.25) is 9.98 Å². The first-order valence-corrected chi connectivity index (χ1v) is 10.6. The van der Waals surface area contributed by atoms with E-state index in [1.807, 2.05) is 36.5 Å². The molecule has 0 aliphatic carbocycles. The van der Waals surface area contributed by atoms with Gasteiger partial charge in [-0.1, -0.05) is 18.2 Å². The van der Waals surface area contributed by atoms with Crippen molar-refractivity contribution in [3.63, 3.8) is 0 Å². The Labute approximate surface area is 127 Å². The Morgan fingerprint density at radius 3 is 2.43 bits per heavy atom. The number of aliphatic imine (C=N–C) groups is 1. The Morgan fingerprint density at radius 1 is 1.10 bits per heavy atom. The molecular formula is C17H22N2OSi. The number of nitrogens with zero attached hydrogens (tertiary/aromatic N) is 2. The van der Waals surface area contributed by atoms with Gasteiger partial charge in [0.05, 0.1) is 6.04 Å². The number of hydrogen-bond acceptors (Lipinski definition) is 3. The lowest BCUT2D eigenvalue weighted by Gasteiger charge is -2.22. The fraction of sp³-hybridized carbons (Fsp3) is 0.294. The first kappa shape index (κ1) is 15.4. The van der Waals surface area contributed by atoms with Crippen LogP contribution in [0.1, 0.15) is 24.1 Å². The molecule has 110 valence electrons. The summed E-state index contributed by atoms with van der Waals surface area (Å²) in [5.74, 6) is 0.955. The van der Waals surface area contributed by atoms with Crippen molar-refractivity contribution in [2.75, 3.05) is 0 Å². The van der Waals surface area contributed by atoms with Gasteiger partial charge in [0, 0.05) is 24.2 Å². The van der Waals surface area contributed by atoms with Crippen LogP contribution in [0.4, 0.5) is 0 Å². The molecule has 0 bridgehead atoms. The SMILES string of the molecule is CC(N=Cc1ccncc1)c1ccccc1O[Si](C)(C)C. The molecule has 1 aromatic heterocycles. The average Bonchev–Trinajstić information content (AvgIpc) is 2.45. The Hall–Kier alpha value is -1.94. The minimum atomic E-state index is -1.62. The second-order valence-electron chi connectivity index (χ2n) is 5.99. The van der Waals surface area contributed by atoms with Gasteiger partial charge in [-0.2, -0.15) is 0 Å². The molecule has 0 aliphatic rings. The number of para-hydroxylation sites is 1. The predicted octanol–water partition coefficient (Wildman–Crippen LogP) is 4.48. The molecule has 2 aromatic rings. The molecule has 0 amide bonds. The lowest BCUT2D eigenvalue weighted by Crippen LogP contribution is -2.29. The van der Waals surface area contributed by atoms with Crippen molar-refractivity contribution < 1.29 is 4.43 Å². The van der Waals surface area contributed by atoms with Crippen LogP contribution >= 0.6 is 0 Å². The van der Waals surface area contributed by atoms with Crippen LogP contribution in [-0.4, -0.2) is 19.5 Å². The summed E-state index contributed by atoms with van der Waals surface area (Å²) in [5, 5.41) is 0. The van der Waals surface area contributed by atoms with E-state index in [4.69, 9.17) is 4.43 Å². The monoisotopic (exact) mass is 298 g/mol. The van der Waals surface area contributed by atoms with Crippen molar-refractivity contribution in [3.8, 4) is 5.75 Å². The van der Waals surface area contributed by atoms with E-state index < -0.39 is 8.32 Å². The van der Waals surface area contributed by atoms with E-state index in [1.54, 1.807) is 12.4 Å². The molecule has 2 rings (SSSR count). The molecular weight excluding hydrogens is 276 g/mol. The highest BCUT2D eigenvalue weighted by atomic mass is 28.4. The zero-order valence-corrected chi connectivity index (χ0v) is 14.1. The van der Waals surface area contributed by atoms with E-state index in [1.165, 1.54) is 0 Å². The van der Waals surface area contributed by atoms with Crippen LogP contribution in [0.2, 0.25) is 19.6 Å². The van der Waals surface area contributed by atoms with Gasteiger partial charge in [0.1, 0.15) is 5.75 Å². The fourth-order valence-electron chi connectivity index (χ4n) is 1.98. The van der Waals surface area contributed by atoms with Crippen molar-refractivity contribution in [3.05, 3.63) is 59.9 Å². The minimum absolute atomic E-state index is 0.0608. The topological polar surface area (TPSA) is 34.5 Å². The molecule has 1 unspecified atom stereocenters. The standard InChI is InChI=1S/C17H22N2OSi/c1-14(19-13-15-9-11-18-12-10-15)16-7-5-6-8-17(16)20-21(2,3)4/h5-14H,1-4H3. The normalized spacial score (nSPS) is 13.3. The zero-order valence-electron chi connectivity index (χ0n) is 13.1. The van der Waals surface area contributed by atoms with Crippen LogP contribution in [0.3, 0.4) is 0 Å². The molecule has 0 saturated heterocycles. The maximum atomic E-state index is 6.16. The highest BCUT2D eigenvalue weighted by Crippen LogP contribution is 2.29. The van der Waals surface area contributed by atoms with Crippen molar-refractivity contribution in [2.45, 2.75) is 32.6 Å². The van der Waals surface area contributed by atoms with Crippen molar-refractivity contribution >= 4 is 14.5 Å². The van der Waals surface area contributed by atoms with Crippen LogP contribution < -0.4 is 4.43 Å². The van der Waals surface area contributed by atoms with E-state index >= 15 is 0 Å². The molecule has 0 fully saturated rings. The number of aromatic nitrogens is 1. The van der Waals surface area contributed by atoms with Gasteiger partial charge >= 0.3 is 0 Å². The van der Waals surface area contributed by atoms with E-state index in [2.05, 4.69) is 42.6 Å².